The number of pyridine rings is 1. The molecule has 0 atom stereocenters. The van der Waals surface area contributed by atoms with Crippen molar-refractivity contribution in [2.75, 3.05) is 11.1 Å². The van der Waals surface area contributed by atoms with Crippen LogP contribution in [0.1, 0.15) is 5.69 Å². The average molecular weight is 306 g/mol. The lowest BCUT2D eigenvalue weighted by Crippen LogP contribution is -2.02. The summed E-state index contributed by atoms with van der Waals surface area (Å²) in [4.78, 5) is 12.3. The maximum atomic E-state index is 13.3. The zero-order chi connectivity index (χ0) is 16.2. The summed E-state index contributed by atoms with van der Waals surface area (Å²) in [5.74, 6) is 0.164. The molecule has 2 heterocycles. The van der Waals surface area contributed by atoms with Gasteiger partial charge in [0.15, 0.2) is 0 Å². The van der Waals surface area contributed by atoms with Gasteiger partial charge < -0.3 is 11.1 Å². The molecule has 2 aromatic heterocycles. The number of nitriles is 1. The number of halogens is 1. The second-order valence-corrected chi connectivity index (χ2v) is 4.67. The van der Waals surface area contributed by atoms with Crippen LogP contribution in [0.4, 0.5) is 21.8 Å². The van der Waals surface area contributed by atoms with E-state index < -0.39 is 0 Å². The van der Waals surface area contributed by atoms with Crippen LogP contribution in [0.15, 0.2) is 48.8 Å². The average Bonchev–Trinajstić information content (AvgIpc) is 2.56. The number of nitrogens with two attached hydrogens (primary N) is 1. The largest absolute Gasteiger partial charge is 0.383 e. The highest BCUT2D eigenvalue weighted by molar-refractivity contribution is 5.74. The predicted octanol–water partition coefficient (Wildman–Crippen LogP) is 2.88. The fraction of sp³-hybridized carbons (Fsp3) is 0. The Bertz CT molecular complexity index is 886. The Kier molecular flexibility index (Phi) is 3.80. The first kappa shape index (κ1) is 14.4. The molecule has 0 saturated carbocycles. The van der Waals surface area contributed by atoms with Gasteiger partial charge in [0, 0.05) is 11.8 Å². The van der Waals surface area contributed by atoms with E-state index in [1.165, 1.54) is 24.5 Å². The van der Waals surface area contributed by atoms with Crippen molar-refractivity contribution in [1.82, 2.24) is 15.0 Å². The van der Waals surface area contributed by atoms with Crippen molar-refractivity contribution >= 4 is 17.5 Å². The van der Waals surface area contributed by atoms with Crippen LogP contribution in [0.3, 0.4) is 0 Å². The summed E-state index contributed by atoms with van der Waals surface area (Å²) in [6.45, 7) is 0. The topological polar surface area (TPSA) is 101 Å². The van der Waals surface area contributed by atoms with Crippen LogP contribution >= 0.6 is 0 Å². The predicted molar refractivity (Wildman–Crippen MR) is 84.1 cm³/mol. The lowest BCUT2D eigenvalue weighted by molar-refractivity contribution is 0.628. The maximum Gasteiger partial charge on any atom is 0.229 e. The van der Waals surface area contributed by atoms with Gasteiger partial charge in [-0.25, -0.2) is 14.4 Å². The van der Waals surface area contributed by atoms with Crippen molar-refractivity contribution < 1.29 is 4.39 Å². The Balaban J connectivity index is 1.85. The molecule has 3 aromatic rings. The zero-order valence-electron chi connectivity index (χ0n) is 11.9. The molecular weight excluding hydrogens is 295 g/mol. The summed E-state index contributed by atoms with van der Waals surface area (Å²) in [6, 6.07) is 11.2. The zero-order valence-corrected chi connectivity index (χ0v) is 11.9. The van der Waals surface area contributed by atoms with E-state index in [4.69, 9.17) is 11.0 Å². The Morgan fingerprint density at radius 1 is 1.13 bits per heavy atom. The van der Waals surface area contributed by atoms with E-state index in [2.05, 4.69) is 20.3 Å². The van der Waals surface area contributed by atoms with Crippen molar-refractivity contribution in [3.63, 3.8) is 0 Å². The fourth-order valence-electron chi connectivity index (χ4n) is 2.00. The highest BCUT2D eigenvalue weighted by atomic mass is 19.1. The van der Waals surface area contributed by atoms with Crippen molar-refractivity contribution in [2.24, 2.45) is 0 Å². The van der Waals surface area contributed by atoms with E-state index in [0.29, 0.717) is 22.5 Å². The van der Waals surface area contributed by atoms with Gasteiger partial charge >= 0.3 is 0 Å². The molecule has 23 heavy (non-hydrogen) atoms. The normalized spacial score (nSPS) is 10.1. The quantitative estimate of drug-likeness (QED) is 0.771. The third-order valence-electron chi connectivity index (χ3n) is 3.09. The Labute approximate surface area is 131 Å². The smallest absolute Gasteiger partial charge is 0.229 e. The summed E-state index contributed by atoms with van der Waals surface area (Å²) in [6.07, 6.45) is 3.02. The molecule has 0 fully saturated rings. The van der Waals surface area contributed by atoms with Crippen molar-refractivity contribution in [3.8, 4) is 17.2 Å². The lowest BCUT2D eigenvalue weighted by Gasteiger charge is -2.08. The van der Waals surface area contributed by atoms with Gasteiger partial charge in [-0.05, 0) is 29.8 Å². The van der Waals surface area contributed by atoms with E-state index in [1.54, 1.807) is 24.3 Å². The van der Waals surface area contributed by atoms with Crippen LogP contribution in [-0.4, -0.2) is 15.0 Å². The van der Waals surface area contributed by atoms with Crippen molar-refractivity contribution in [2.45, 2.75) is 0 Å². The second kappa shape index (κ2) is 6.07. The SMILES string of the molecule is N#Cc1ccc(Nc2ncc(-c3cccc(F)c3)c(N)n2)cn1. The van der Waals surface area contributed by atoms with Crippen LogP contribution < -0.4 is 11.1 Å². The maximum absolute atomic E-state index is 13.3. The number of nitrogen functional groups attached to an aromatic ring is 1. The number of benzene rings is 1. The minimum absolute atomic E-state index is 0.231. The Morgan fingerprint density at radius 3 is 2.65 bits per heavy atom. The fourth-order valence-corrected chi connectivity index (χ4v) is 2.00. The lowest BCUT2D eigenvalue weighted by atomic mass is 10.1. The van der Waals surface area contributed by atoms with Crippen molar-refractivity contribution in [1.29, 1.82) is 5.26 Å². The number of anilines is 3. The third kappa shape index (κ3) is 3.22. The molecule has 112 valence electrons. The summed E-state index contributed by atoms with van der Waals surface area (Å²) >= 11 is 0. The first-order valence-electron chi connectivity index (χ1n) is 6.67. The van der Waals surface area contributed by atoms with E-state index in [9.17, 15) is 4.39 Å². The van der Waals surface area contributed by atoms with E-state index in [1.807, 2.05) is 6.07 Å². The first-order valence-corrected chi connectivity index (χ1v) is 6.67. The Hall–Kier alpha value is -3.53. The molecule has 0 saturated heterocycles. The molecule has 1 aromatic carbocycles. The molecule has 0 amide bonds. The second-order valence-electron chi connectivity index (χ2n) is 4.67. The van der Waals surface area contributed by atoms with Gasteiger partial charge in [-0.1, -0.05) is 12.1 Å². The molecule has 3 N–H and O–H groups in total. The van der Waals surface area contributed by atoms with Gasteiger partial charge in [-0.3, -0.25) is 0 Å². The van der Waals surface area contributed by atoms with Crippen LogP contribution in [0.5, 0.6) is 0 Å². The van der Waals surface area contributed by atoms with Gasteiger partial charge in [0.1, 0.15) is 23.4 Å². The molecule has 0 unspecified atom stereocenters. The molecule has 0 aliphatic heterocycles. The highest BCUT2D eigenvalue weighted by Crippen LogP contribution is 2.25. The standard InChI is InChI=1S/C16H11FN6/c17-11-3-1-2-10(6-11)14-9-21-16(23-15(14)19)22-13-5-4-12(7-18)20-8-13/h1-6,8-9H,(H3,19,21,22,23). The summed E-state index contributed by atoms with van der Waals surface area (Å²) < 4.78 is 13.3. The summed E-state index contributed by atoms with van der Waals surface area (Å²) in [5.41, 5.74) is 8.03. The first-order chi connectivity index (χ1) is 11.2. The van der Waals surface area contributed by atoms with E-state index >= 15 is 0 Å². The van der Waals surface area contributed by atoms with Gasteiger partial charge in [-0.15, -0.1) is 0 Å². The molecule has 3 rings (SSSR count). The molecule has 7 heteroatoms. The Morgan fingerprint density at radius 2 is 2.00 bits per heavy atom. The van der Waals surface area contributed by atoms with Crippen LogP contribution in [0.25, 0.3) is 11.1 Å². The number of hydrogen-bond donors (Lipinski definition) is 2. The van der Waals surface area contributed by atoms with Crippen LogP contribution in [0.2, 0.25) is 0 Å². The third-order valence-corrected chi connectivity index (χ3v) is 3.09. The molecule has 0 aliphatic carbocycles. The number of hydrogen-bond acceptors (Lipinski definition) is 6. The molecule has 6 nitrogen and oxygen atoms in total. The number of aromatic nitrogens is 3. The van der Waals surface area contributed by atoms with Gasteiger partial charge in [0.2, 0.25) is 5.95 Å². The number of rotatable bonds is 3. The minimum Gasteiger partial charge on any atom is -0.383 e. The summed E-state index contributed by atoms with van der Waals surface area (Å²) in [5, 5.41) is 11.6. The number of nitrogens with one attached hydrogen (secondary N) is 1. The summed E-state index contributed by atoms with van der Waals surface area (Å²) in [7, 11) is 0. The highest BCUT2D eigenvalue weighted by Gasteiger charge is 2.08. The van der Waals surface area contributed by atoms with E-state index in [-0.39, 0.29) is 17.6 Å². The van der Waals surface area contributed by atoms with Gasteiger partial charge in [0.05, 0.1) is 11.9 Å². The molecule has 0 bridgehead atoms. The van der Waals surface area contributed by atoms with Crippen molar-refractivity contribution in [3.05, 3.63) is 60.3 Å². The van der Waals surface area contributed by atoms with Crippen LogP contribution in [-0.2, 0) is 0 Å². The van der Waals surface area contributed by atoms with Gasteiger partial charge in [-0.2, -0.15) is 10.2 Å². The number of nitrogens with zero attached hydrogens (tertiary/aromatic N) is 4. The van der Waals surface area contributed by atoms with Crippen LogP contribution in [0, 0.1) is 17.1 Å². The molecule has 0 aliphatic rings. The molecular formula is C16H11FN6. The molecule has 0 spiro atoms. The van der Waals surface area contributed by atoms with Gasteiger partial charge in [0.25, 0.3) is 0 Å². The molecule has 0 radical (unpaired) electrons. The minimum atomic E-state index is -0.354. The van der Waals surface area contributed by atoms with E-state index in [0.717, 1.165) is 0 Å². The monoisotopic (exact) mass is 306 g/mol.